The minimum Gasteiger partial charge on any atom is -0.397 e. The highest BCUT2D eigenvalue weighted by atomic mass is 32.1. The molecule has 0 spiro atoms. The summed E-state index contributed by atoms with van der Waals surface area (Å²) >= 11 is 1.26. The van der Waals surface area contributed by atoms with Crippen LogP contribution in [0.4, 0.5) is 11.6 Å². The van der Waals surface area contributed by atoms with Gasteiger partial charge in [0.05, 0.1) is 16.8 Å². The van der Waals surface area contributed by atoms with Crippen LogP contribution in [0, 0.1) is 0 Å². The molecule has 24 heavy (non-hydrogen) atoms. The van der Waals surface area contributed by atoms with Crippen molar-refractivity contribution in [2.24, 2.45) is 5.73 Å². The Morgan fingerprint density at radius 2 is 2.00 bits per heavy atom. The quantitative estimate of drug-likeness (QED) is 0.867. The molecule has 8 heteroatoms. The molecule has 4 N–H and O–H groups in total. The fraction of sp³-hybridized carbons (Fsp3) is 0.562. The fourth-order valence-corrected chi connectivity index (χ4v) is 4.21. The van der Waals surface area contributed by atoms with Crippen LogP contribution in [0.1, 0.15) is 35.1 Å². The Kier molecular flexibility index (Phi) is 4.60. The van der Waals surface area contributed by atoms with Crippen LogP contribution in [0.3, 0.4) is 0 Å². The molecule has 1 aliphatic rings. The van der Waals surface area contributed by atoms with Crippen molar-refractivity contribution < 1.29 is 4.79 Å². The Morgan fingerprint density at radius 1 is 1.33 bits per heavy atom. The fourth-order valence-electron chi connectivity index (χ4n) is 3.24. The second-order valence-electron chi connectivity index (χ2n) is 6.39. The minimum atomic E-state index is -0.508. The number of hydrogen-bond donors (Lipinski definition) is 2. The molecule has 0 unspecified atom stereocenters. The molecule has 7 nitrogen and oxygen atoms in total. The lowest BCUT2D eigenvalue weighted by atomic mass is 10.0. The number of piperidine rings is 1. The van der Waals surface area contributed by atoms with Gasteiger partial charge in [0.1, 0.15) is 9.71 Å². The monoisotopic (exact) mass is 348 g/mol. The van der Waals surface area contributed by atoms with Gasteiger partial charge in [-0.05, 0) is 33.4 Å². The average molecular weight is 348 g/mol. The van der Waals surface area contributed by atoms with Gasteiger partial charge in [-0.25, -0.2) is 9.97 Å². The molecule has 2 aromatic rings. The summed E-state index contributed by atoms with van der Waals surface area (Å²) in [5, 5.41) is 0.781. The number of aromatic nitrogens is 2. The third-order valence-corrected chi connectivity index (χ3v) is 5.80. The van der Waals surface area contributed by atoms with E-state index >= 15 is 0 Å². The molecule has 0 radical (unpaired) electrons. The highest BCUT2D eigenvalue weighted by molar-refractivity contribution is 7.21. The zero-order valence-electron chi connectivity index (χ0n) is 14.4. The number of nitrogens with zero attached hydrogens (tertiary/aromatic N) is 4. The maximum absolute atomic E-state index is 11.6. The predicted molar refractivity (Wildman–Crippen MR) is 98.6 cm³/mol. The Bertz CT molecular complexity index is 764. The summed E-state index contributed by atoms with van der Waals surface area (Å²) < 4.78 is 0. The topological polar surface area (TPSA) is 101 Å². The Balaban J connectivity index is 1.97. The lowest BCUT2D eigenvalue weighted by Gasteiger charge is -2.35. The lowest BCUT2D eigenvalue weighted by molar-refractivity contribution is 0.100. The number of hydrogen-bond acceptors (Lipinski definition) is 7. The molecule has 1 aliphatic heterocycles. The first kappa shape index (κ1) is 16.9. The van der Waals surface area contributed by atoms with Crippen molar-refractivity contribution in [1.29, 1.82) is 0 Å². The number of nitrogens with two attached hydrogens (primary N) is 2. The van der Waals surface area contributed by atoms with Gasteiger partial charge in [0, 0.05) is 19.1 Å². The van der Waals surface area contributed by atoms with Gasteiger partial charge in [0.15, 0.2) is 0 Å². The van der Waals surface area contributed by atoms with Gasteiger partial charge in [0.2, 0.25) is 5.95 Å². The second kappa shape index (κ2) is 6.52. The summed E-state index contributed by atoms with van der Waals surface area (Å²) in [4.78, 5) is 26.6. The van der Waals surface area contributed by atoms with E-state index in [0.717, 1.165) is 54.2 Å². The van der Waals surface area contributed by atoms with Crippen molar-refractivity contribution in [2.75, 3.05) is 37.8 Å². The van der Waals surface area contributed by atoms with Crippen LogP contribution in [-0.2, 0) is 6.42 Å². The first-order valence-electron chi connectivity index (χ1n) is 8.22. The first-order valence-corrected chi connectivity index (χ1v) is 9.04. The van der Waals surface area contributed by atoms with Crippen molar-refractivity contribution in [1.82, 2.24) is 14.9 Å². The number of rotatable bonds is 4. The van der Waals surface area contributed by atoms with E-state index in [1.54, 1.807) is 0 Å². The van der Waals surface area contributed by atoms with Crippen LogP contribution in [0.25, 0.3) is 10.2 Å². The van der Waals surface area contributed by atoms with Gasteiger partial charge in [-0.15, -0.1) is 11.3 Å². The molecule has 1 fully saturated rings. The third-order valence-electron chi connectivity index (χ3n) is 4.69. The maximum Gasteiger partial charge on any atom is 0.260 e. The van der Waals surface area contributed by atoms with E-state index in [0.29, 0.717) is 16.6 Å². The van der Waals surface area contributed by atoms with Crippen molar-refractivity contribution in [3.8, 4) is 0 Å². The number of carbonyl (C=O) groups is 1. The van der Waals surface area contributed by atoms with Crippen LogP contribution in [0.2, 0.25) is 0 Å². The maximum atomic E-state index is 11.6. The zero-order chi connectivity index (χ0) is 17.4. The van der Waals surface area contributed by atoms with Gasteiger partial charge in [0.25, 0.3) is 5.91 Å². The summed E-state index contributed by atoms with van der Waals surface area (Å²) in [6.45, 7) is 3.90. The smallest absolute Gasteiger partial charge is 0.260 e. The van der Waals surface area contributed by atoms with Crippen LogP contribution in [0.5, 0.6) is 0 Å². The zero-order valence-corrected chi connectivity index (χ0v) is 15.2. The van der Waals surface area contributed by atoms with Gasteiger partial charge in [-0.3, -0.25) is 4.79 Å². The molecular weight excluding hydrogens is 324 g/mol. The van der Waals surface area contributed by atoms with E-state index in [1.807, 2.05) is 6.92 Å². The Hall–Kier alpha value is -1.93. The number of carbonyl (C=O) groups excluding carboxylic acids is 1. The van der Waals surface area contributed by atoms with E-state index in [-0.39, 0.29) is 0 Å². The normalized spacial score (nSPS) is 16.2. The summed E-state index contributed by atoms with van der Waals surface area (Å²) in [5.41, 5.74) is 12.8. The highest BCUT2D eigenvalue weighted by Crippen LogP contribution is 2.35. The number of anilines is 2. The molecule has 3 rings (SSSR count). The molecule has 2 aromatic heterocycles. The molecule has 1 saturated heterocycles. The van der Waals surface area contributed by atoms with E-state index in [2.05, 4.69) is 28.9 Å². The summed E-state index contributed by atoms with van der Waals surface area (Å²) in [5.74, 6) is 0.222. The number of primary amides is 1. The molecule has 0 bridgehead atoms. The highest BCUT2D eigenvalue weighted by Gasteiger charge is 2.25. The Morgan fingerprint density at radius 3 is 2.54 bits per heavy atom. The van der Waals surface area contributed by atoms with Gasteiger partial charge < -0.3 is 21.3 Å². The number of nitrogen functional groups attached to an aromatic ring is 1. The SMILES string of the molecule is CCc1nc(N2CCC(N(C)C)CC2)nc2sc(C(N)=O)c(N)c12. The second-order valence-corrected chi connectivity index (χ2v) is 7.39. The van der Waals surface area contributed by atoms with Crippen molar-refractivity contribution in [3.63, 3.8) is 0 Å². The van der Waals surface area contributed by atoms with Gasteiger partial charge in [-0.1, -0.05) is 6.92 Å². The van der Waals surface area contributed by atoms with E-state index in [4.69, 9.17) is 16.5 Å². The van der Waals surface area contributed by atoms with Crippen molar-refractivity contribution in [3.05, 3.63) is 10.6 Å². The number of thiophene rings is 1. The predicted octanol–water partition coefficient (Wildman–Crippen LogP) is 1.47. The van der Waals surface area contributed by atoms with Crippen molar-refractivity contribution in [2.45, 2.75) is 32.2 Å². The van der Waals surface area contributed by atoms with E-state index in [9.17, 15) is 4.79 Å². The molecular formula is C16H24N6OS. The van der Waals surface area contributed by atoms with Gasteiger partial charge >= 0.3 is 0 Å². The first-order chi connectivity index (χ1) is 11.4. The van der Waals surface area contributed by atoms with Crippen molar-refractivity contribution >= 4 is 39.1 Å². The summed E-state index contributed by atoms with van der Waals surface area (Å²) in [6, 6.07) is 0.606. The van der Waals surface area contributed by atoms with E-state index in [1.165, 1.54) is 11.3 Å². The Labute approximate surface area is 145 Å². The van der Waals surface area contributed by atoms with Gasteiger partial charge in [-0.2, -0.15) is 0 Å². The average Bonchev–Trinajstić information content (AvgIpc) is 2.91. The standard InChI is InChI=1S/C16H24N6OS/c1-4-10-11-12(17)13(14(18)23)24-15(11)20-16(19-10)22-7-5-9(6-8-22)21(2)3/h9H,4-8,17H2,1-3H3,(H2,18,23). The van der Waals surface area contributed by atoms with Crippen LogP contribution >= 0.6 is 11.3 Å². The summed E-state index contributed by atoms with van der Waals surface area (Å²) in [6.07, 6.45) is 2.92. The van der Waals surface area contributed by atoms with Crippen LogP contribution < -0.4 is 16.4 Å². The molecule has 0 aromatic carbocycles. The summed E-state index contributed by atoms with van der Waals surface area (Å²) in [7, 11) is 4.25. The number of fused-ring (bicyclic) bond motifs is 1. The number of amides is 1. The number of aryl methyl sites for hydroxylation is 1. The molecule has 0 aliphatic carbocycles. The molecule has 130 valence electrons. The minimum absolute atomic E-state index is 0.373. The molecule has 3 heterocycles. The molecule has 1 amide bonds. The van der Waals surface area contributed by atoms with E-state index < -0.39 is 5.91 Å². The lowest BCUT2D eigenvalue weighted by Crippen LogP contribution is -2.42. The molecule has 0 saturated carbocycles. The van der Waals surface area contributed by atoms with Crippen LogP contribution in [0.15, 0.2) is 0 Å². The van der Waals surface area contributed by atoms with Crippen LogP contribution in [-0.4, -0.2) is 54.0 Å². The largest absolute Gasteiger partial charge is 0.397 e. The third kappa shape index (κ3) is 2.91. The molecule has 0 atom stereocenters.